The zero-order valence-corrected chi connectivity index (χ0v) is 12.7. The maximum absolute atomic E-state index is 11.9. The lowest BCUT2D eigenvalue weighted by molar-refractivity contribution is -0.0524. The second kappa shape index (κ2) is 9.19. The molecule has 0 aromatic heterocycles. The molecule has 0 spiro atoms. The van der Waals surface area contributed by atoms with E-state index in [1.165, 1.54) is 6.08 Å². The number of alkyl halides is 3. The highest BCUT2D eigenvalue weighted by atomic mass is 32.2. The summed E-state index contributed by atoms with van der Waals surface area (Å²) in [4.78, 5) is 1.83. The van der Waals surface area contributed by atoms with Gasteiger partial charge in [0.15, 0.2) is 0 Å². The van der Waals surface area contributed by atoms with Crippen molar-refractivity contribution >= 4 is 10.1 Å². The van der Waals surface area contributed by atoms with Crippen LogP contribution in [0.2, 0.25) is 0 Å². The number of likely N-dealkylation sites (N-methyl/N-ethyl adjacent to an activating group) is 1. The van der Waals surface area contributed by atoms with Gasteiger partial charge in [-0.15, -0.1) is 0 Å². The molecule has 0 aromatic rings. The van der Waals surface area contributed by atoms with E-state index in [1.54, 1.807) is 7.05 Å². The molecular weight excluding hydrogens is 283 g/mol. The maximum Gasteiger partial charge on any atom is 0.534 e. The van der Waals surface area contributed by atoms with Gasteiger partial charge >= 0.3 is 15.6 Å². The largest absolute Gasteiger partial charge is 0.534 e. The molecule has 0 fully saturated rings. The van der Waals surface area contributed by atoms with Crippen LogP contribution in [0.4, 0.5) is 13.2 Å². The van der Waals surface area contributed by atoms with Gasteiger partial charge in [-0.1, -0.05) is 27.7 Å². The van der Waals surface area contributed by atoms with E-state index < -0.39 is 15.6 Å². The highest BCUT2D eigenvalue weighted by molar-refractivity contribution is 7.87. The standard InChI is InChI=1S/C7H10F3NO3S.2C2H6/c1-11-4-2-6(3-5-11)14-15(12,13)7(8,9)10;2*1-2/h2H,3-5H2,1H3;2*1-2H3. The Bertz CT molecular complexity index is 364. The van der Waals surface area contributed by atoms with Crippen LogP contribution in [0.5, 0.6) is 0 Å². The molecule has 1 heterocycles. The van der Waals surface area contributed by atoms with E-state index in [0.29, 0.717) is 13.1 Å². The fraction of sp³-hybridized carbons (Fsp3) is 0.818. The van der Waals surface area contributed by atoms with Crippen LogP contribution in [0.1, 0.15) is 34.1 Å². The third-order valence-corrected chi connectivity index (χ3v) is 2.87. The van der Waals surface area contributed by atoms with E-state index in [4.69, 9.17) is 0 Å². The smallest absolute Gasteiger partial charge is 0.381 e. The molecule has 0 radical (unpaired) electrons. The van der Waals surface area contributed by atoms with Crippen LogP contribution in [0, 0.1) is 0 Å². The Hall–Kier alpha value is -0.760. The van der Waals surface area contributed by atoms with E-state index in [2.05, 4.69) is 4.18 Å². The Labute approximate surface area is 113 Å². The van der Waals surface area contributed by atoms with Gasteiger partial charge in [-0.3, -0.25) is 0 Å². The van der Waals surface area contributed by atoms with Crippen LogP contribution in [0.15, 0.2) is 11.8 Å². The molecule has 0 saturated heterocycles. The minimum Gasteiger partial charge on any atom is -0.381 e. The van der Waals surface area contributed by atoms with Gasteiger partial charge in [0.2, 0.25) is 0 Å². The Balaban J connectivity index is 0. The Morgan fingerprint density at radius 2 is 1.68 bits per heavy atom. The minimum atomic E-state index is -5.50. The van der Waals surface area contributed by atoms with Gasteiger partial charge < -0.3 is 9.08 Å². The van der Waals surface area contributed by atoms with Gasteiger partial charge in [0.05, 0.1) is 0 Å². The molecular formula is C11H22F3NO3S. The number of halogens is 3. The van der Waals surface area contributed by atoms with Crippen molar-refractivity contribution in [2.45, 2.75) is 39.6 Å². The predicted octanol–water partition coefficient (Wildman–Crippen LogP) is 3.12. The summed E-state index contributed by atoms with van der Waals surface area (Å²) in [5, 5.41) is 0. The zero-order chi connectivity index (χ0) is 15.7. The van der Waals surface area contributed by atoms with Crippen LogP contribution in [0.25, 0.3) is 0 Å². The lowest BCUT2D eigenvalue weighted by atomic mass is 10.2. The molecule has 0 N–H and O–H groups in total. The molecule has 0 aliphatic carbocycles. The first-order valence-corrected chi connectivity index (χ1v) is 7.51. The molecule has 8 heteroatoms. The van der Waals surface area contributed by atoms with Gasteiger partial charge in [0.1, 0.15) is 5.76 Å². The van der Waals surface area contributed by atoms with Crippen molar-refractivity contribution in [2.75, 3.05) is 20.1 Å². The van der Waals surface area contributed by atoms with E-state index in [9.17, 15) is 21.6 Å². The second-order valence-electron chi connectivity index (χ2n) is 3.17. The quantitative estimate of drug-likeness (QED) is 0.581. The van der Waals surface area contributed by atoms with Crippen LogP contribution in [-0.2, 0) is 14.3 Å². The summed E-state index contributed by atoms with van der Waals surface area (Å²) in [5.74, 6) is -0.148. The summed E-state index contributed by atoms with van der Waals surface area (Å²) >= 11 is 0. The summed E-state index contributed by atoms with van der Waals surface area (Å²) in [5.41, 5.74) is -5.36. The molecule has 1 rings (SSSR count). The van der Waals surface area contributed by atoms with Gasteiger partial charge in [-0.05, 0) is 13.1 Å². The highest BCUT2D eigenvalue weighted by Gasteiger charge is 2.48. The molecule has 0 bridgehead atoms. The highest BCUT2D eigenvalue weighted by Crippen LogP contribution is 2.27. The monoisotopic (exact) mass is 305 g/mol. The third-order valence-electron chi connectivity index (χ3n) is 1.87. The fourth-order valence-electron chi connectivity index (χ4n) is 1.02. The summed E-state index contributed by atoms with van der Waals surface area (Å²) in [6.07, 6.45) is 1.48. The Morgan fingerprint density at radius 1 is 1.21 bits per heavy atom. The van der Waals surface area contributed by atoms with Gasteiger partial charge in [-0.2, -0.15) is 21.6 Å². The van der Waals surface area contributed by atoms with E-state index in [-0.39, 0.29) is 12.2 Å². The molecule has 116 valence electrons. The van der Waals surface area contributed by atoms with Crippen molar-refractivity contribution in [2.24, 2.45) is 0 Å². The summed E-state index contributed by atoms with van der Waals surface area (Å²) < 4.78 is 60.9. The van der Waals surface area contributed by atoms with Crippen molar-refractivity contribution in [3.8, 4) is 0 Å². The van der Waals surface area contributed by atoms with Crippen molar-refractivity contribution < 1.29 is 25.8 Å². The van der Waals surface area contributed by atoms with E-state index in [0.717, 1.165) is 0 Å². The molecule has 1 aliphatic heterocycles. The average Bonchev–Trinajstić information content (AvgIpc) is 2.35. The lowest BCUT2D eigenvalue weighted by Gasteiger charge is -2.21. The first-order valence-electron chi connectivity index (χ1n) is 6.11. The molecule has 0 unspecified atom stereocenters. The van der Waals surface area contributed by atoms with Gasteiger partial charge in [0, 0.05) is 19.5 Å². The van der Waals surface area contributed by atoms with E-state index in [1.807, 2.05) is 32.6 Å². The van der Waals surface area contributed by atoms with Crippen LogP contribution in [-0.4, -0.2) is 39.0 Å². The summed E-state index contributed by atoms with van der Waals surface area (Å²) in [6, 6.07) is 0. The number of rotatable bonds is 2. The van der Waals surface area contributed by atoms with Crippen LogP contribution >= 0.6 is 0 Å². The maximum atomic E-state index is 11.9. The Kier molecular flexibility index (Phi) is 9.95. The SMILES string of the molecule is CC.CC.CN1CC=C(OS(=O)(=O)C(F)(F)F)CC1. The second-order valence-corrected chi connectivity index (χ2v) is 4.70. The molecule has 0 saturated carbocycles. The van der Waals surface area contributed by atoms with Crippen LogP contribution in [0.3, 0.4) is 0 Å². The first kappa shape index (κ1) is 20.6. The molecule has 0 atom stereocenters. The minimum absolute atomic E-state index is 0.148. The first-order chi connectivity index (χ1) is 8.72. The molecule has 4 nitrogen and oxygen atoms in total. The topological polar surface area (TPSA) is 46.6 Å². The lowest BCUT2D eigenvalue weighted by Crippen LogP contribution is -2.29. The van der Waals surface area contributed by atoms with Gasteiger partial charge in [-0.25, -0.2) is 0 Å². The van der Waals surface area contributed by atoms with Crippen molar-refractivity contribution in [3.63, 3.8) is 0 Å². The normalized spacial score (nSPS) is 16.3. The van der Waals surface area contributed by atoms with Crippen molar-refractivity contribution in [3.05, 3.63) is 11.8 Å². The number of hydrogen-bond donors (Lipinski definition) is 0. The molecule has 1 aliphatic rings. The number of hydrogen-bond acceptors (Lipinski definition) is 4. The summed E-state index contributed by atoms with van der Waals surface area (Å²) in [6.45, 7) is 8.85. The average molecular weight is 305 g/mol. The molecule has 19 heavy (non-hydrogen) atoms. The number of nitrogens with zero attached hydrogens (tertiary/aromatic N) is 1. The fourth-order valence-corrected chi connectivity index (χ4v) is 1.54. The van der Waals surface area contributed by atoms with Gasteiger partial charge in [0.25, 0.3) is 0 Å². The molecule has 0 aromatic carbocycles. The van der Waals surface area contributed by atoms with Crippen LogP contribution < -0.4 is 0 Å². The van der Waals surface area contributed by atoms with E-state index >= 15 is 0 Å². The Morgan fingerprint density at radius 3 is 2.00 bits per heavy atom. The third kappa shape index (κ3) is 7.41. The predicted molar refractivity (Wildman–Crippen MR) is 69.0 cm³/mol. The van der Waals surface area contributed by atoms with Crippen molar-refractivity contribution in [1.82, 2.24) is 4.90 Å². The molecule has 0 amide bonds. The summed E-state index contributed by atoms with van der Waals surface area (Å²) in [7, 11) is -3.73. The van der Waals surface area contributed by atoms with Crippen molar-refractivity contribution in [1.29, 1.82) is 0 Å². The zero-order valence-electron chi connectivity index (χ0n) is 11.9.